The summed E-state index contributed by atoms with van der Waals surface area (Å²) in [4.78, 5) is 0. The zero-order chi connectivity index (χ0) is 11.5. The summed E-state index contributed by atoms with van der Waals surface area (Å²) in [6.45, 7) is 0.543. The van der Waals surface area contributed by atoms with Crippen molar-refractivity contribution in [2.24, 2.45) is 0 Å². The van der Waals surface area contributed by atoms with Gasteiger partial charge in [-0.3, -0.25) is 0 Å². The molecule has 0 spiro atoms. The Hall–Kier alpha value is -0.240. The van der Waals surface area contributed by atoms with Crippen LogP contribution in [0.15, 0.2) is 0 Å². The summed E-state index contributed by atoms with van der Waals surface area (Å²) in [5.41, 5.74) is 0. The molecule has 4 N–H and O–H groups in total. The number of rotatable bonds is 10. The van der Waals surface area contributed by atoms with E-state index >= 15 is 0 Å². The smallest absolute Gasteiger partial charge is 0.100 e. The summed E-state index contributed by atoms with van der Waals surface area (Å²) >= 11 is 0. The Bertz CT molecular complexity index is 118. The van der Waals surface area contributed by atoms with Crippen LogP contribution in [0, 0.1) is 0 Å². The minimum Gasteiger partial charge on any atom is -0.394 e. The van der Waals surface area contributed by atoms with Gasteiger partial charge in [-0.25, -0.2) is 0 Å². The average molecular weight is 224 g/mol. The molecule has 0 aliphatic heterocycles. The number of aliphatic hydroxyl groups excluding tert-OH is 4. The fourth-order valence-corrected chi connectivity index (χ4v) is 0.803. The third-order valence-electron chi connectivity index (χ3n) is 1.70. The van der Waals surface area contributed by atoms with Gasteiger partial charge in [0.1, 0.15) is 6.10 Å². The van der Waals surface area contributed by atoms with Crippen molar-refractivity contribution in [3.63, 3.8) is 0 Å². The lowest BCUT2D eigenvalue weighted by atomic mass is 10.3. The van der Waals surface area contributed by atoms with Crippen molar-refractivity contribution in [1.29, 1.82) is 0 Å². The highest BCUT2D eigenvalue weighted by atomic mass is 16.5. The largest absolute Gasteiger partial charge is 0.394 e. The van der Waals surface area contributed by atoms with Gasteiger partial charge in [-0.2, -0.15) is 0 Å². The molecule has 0 bridgehead atoms. The van der Waals surface area contributed by atoms with Gasteiger partial charge in [0.2, 0.25) is 0 Å². The third-order valence-corrected chi connectivity index (χ3v) is 1.70. The highest BCUT2D eigenvalue weighted by Gasteiger charge is 2.02. The van der Waals surface area contributed by atoms with Gasteiger partial charge < -0.3 is 29.9 Å². The Morgan fingerprint density at radius 3 is 2.00 bits per heavy atom. The van der Waals surface area contributed by atoms with E-state index in [9.17, 15) is 0 Å². The lowest BCUT2D eigenvalue weighted by molar-refractivity contribution is -0.0198. The van der Waals surface area contributed by atoms with Crippen molar-refractivity contribution < 1.29 is 29.9 Å². The zero-order valence-corrected chi connectivity index (χ0v) is 8.71. The summed E-state index contributed by atoms with van der Waals surface area (Å²) in [5, 5.41) is 34.8. The molecule has 6 heteroatoms. The van der Waals surface area contributed by atoms with Crippen LogP contribution in [0.2, 0.25) is 0 Å². The van der Waals surface area contributed by atoms with E-state index in [1.807, 2.05) is 0 Å². The molecule has 0 aliphatic carbocycles. The molecular formula is C9H20O6. The summed E-state index contributed by atoms with van der Waals surface area (Å²) < 4.78 is 10.1. The fourth-order valence-electron chi connectivity index (χ4n) is 0.803. The summed E-state index contributed by atoms with van der Waals surface area (Å²) in [5.74, 6) is 0. The standard InChI is InChI=1S/C9H20O6/c10-5-8(12)1-2-14-3-4-15-7-9(13)6-11/h8-13H,1-7H2. The van der Waals surface area contributed by atoms with Crippen LogP contribution in [0.25, 0.3) is 0 Å². The lowest BCUT2D eigenvalue weighted by Gasteiger charge is -2.09. The van der Waals surface area contributed by atoms with E-state index in [1.165, 1.54) is 0 Å². The molecule has 0 radical (unpaired) electrons. The minimum atomic E-state index is -0.846. The normalized spacial score (nSPS) is 15.2. The highest BCUT2D eigenvalue weighted by Crippen LogP contribution is 1.91. The molecule has 0 saturated heterocycles. The van der Waals surface area contributed by atoms with Crippen molar-refractivity contribution in [3.05, 3.63) is 0 Å². The van der Waals surface area contributed by atoms with E-state index < -0.39 is 12.2 Å². The second kappa shape index (κ2) is 10.3. The first-order chi connectivity index (χ1) is 7.20. The van der Waals surface area contributed by atoms with Crippen LogP contribution in [-0.4, -0.2) is 72.3 Å². The third kappa shape index (κ3) is 10.1. The topological polar surface area (TPSA) is 99.4 Å². The molecule has 0 saturated carbocycles. The molecule has 92 valence electrons. The molecule has 6 nitrogen and oxygen atoms in total. The molecule has 2 atom stereocenters. The average Bonchev–Trinajstić information content (AvgIpc) is 2.26. The van der Waals surface area contributed by atoms with Crippen LogP contribution >= 0.6 is 0 Å². The molecule has 15 heavy (non-hydrogen) atoms. The SMILES string of the molecule is OCC(O)CCOCCOCC(O)CO. The van der Waals surface area contributed by atoms with E-state index in [0.717, 1.165) is 0 Å². The van der Waals surface area contributed by atoms with Gasteiger partial charge in [-0.1, -0.05) is 0 Å². The van der Waals surface area contributed by atoms with Crippen molar-refractivity contribution in [3.8, 4) is 0 Å². The van der Waals surface area contributed by atoms with Gasteiger partial charge >= 0.3 is 0 Å². The van der Waals surface area contributed by atoms with Gasteiger partial charge in [0, 0.05) is 6.61 Å². The number of ether oxygens (including phenoxy) is 2. The van der Waals surface area contributed by atoms with E-state index in [-0.39, 0.29) is 19.8 Å². The fraction of sp³-hybridized carbons (Fsp3) is 1.00. The number of aliphatic hydroxyl groups is 4. The Balaban J connectivity index is 3.05. The second-order valence-electron chi connectivity index (χ2n) is 3.15. The van der Waals surface area contributed by atoms with Crippen molar-refractivity contribution in [2.75, 3.05) is 39.6 Å². The molecular weight excluding hydrogens is 204 g/mol. The number of hydrogen-bond acceptors (Lipinski definition) is 6. The van der Waals surface area contributed by atoms with Crippen LogP contribution < -0.4 is 0 Å². The van der Waals surface area contributed by atoms with Crippen LogP contribution in [0.4, 0.5) is 0 Å². The molecule has 0 fully saturated rings. The number of hydrogen-bond donors (Lipinski definition) is 4. The lowest BCUT2D eigenvalue weighted by Crippen LogP contribution is -2.21. The second-order valence-corrected chi connectivity index (χ2v) is 3.15. The minimum absolute atomic E-state index is 0.0825. The van der Waals surface area contributed by atoms with Crippen molar-refractivity contribution in [1.82, 2.24) is 0 Å². The highest BCUT2D eigenvalue weighted by molar-refractivity contribution is 4.51. The maximum atomic E-state index is 8.94. The molecule has 0 amide bonds. The van der Waals surface area contributed by atoms with Crippen LogP contribution in [0.1, 0.15) is 6.42 Å². The molecule has 0 rings (SSSR count). The van der Waals surface area contributed by atoms with Gasteiger partial charge in [-0.15, -0.1) is 0 Å². The quantitative estimate of drug-likeness (QED) is 0.324. The first-order valence-corrected chi connectivity index (χ1v) is 4.94. The Labute approximate surface area is 89.1 Å². The Morgan fingerprint density at radius 1 is 0.800 bits per heavy atom. The molecule has 2 unspecified atom stereocenters. The monoisotopic (exact) mass is 224 g/mol. The molecule has 0 aromatic carbocycles. The molecule has 0 aliphatic rings. The van der Waals surface area contributed by atoms with Gasteiger partial charge in [-0.05, 0) is 6.42 Å². The van der Waals surface area contributed by atoms with E-state index in [1.54, 1.807) is 0 Å². The molecule has 0 aromatic heterocycles. The van der Waals surface area contributed by atoms with Crippen molar-refractivity contribution in [2.45, 2.75) is 18.6 Å². The van der Waals surface area contributed by atoms with Crippen LogP contribution in [0.3, 0.4) is 0 Å². The predicted molar refractivity (Wildman–Crippen MR) is 52.4 cm³/mol. The van der Waals surface area contributed by atoms with Crippen LogP contribution in [-0.2, 0) is 9.47 Å². The molecule has 0 aromatic rings. The molecule has 0 heterocycles. The van der Waals surface area contributed by atoms with Gasteiger partial charge in [0.15, 0.2) is 0 Å². The van der Waals surface area contributed by atoms with E-state index in [4.69, 9.17) is 29.9 Å². The van der Waals surface area contributed by atoms with Gasteiger partial charge in [0.25, 0.3) is 0 Å². The zero-order valence-electron chi connectivity index (χ0n) is 8.71. The van der Waals surface area contributed by atoms with E-state index in [0.29, 0.717) is 26.2 Å². The van der Waals surface area contributed by atoms with Crippen LogP contribution in [0.5, 0.6) is 0 Å². The van der Waals surface area contributed by atoms with Gasteiger partial charge in [0.05, 0.1) is 39.1 Å². The predicted octanol–water partition coefficient (Wildman–Crippen LogP) is -1.88. The first kappa shape index (κ1) is 14.8. The summed E-state index contributed by atoms with van der Waals surface area (Å²) in [6, 6.07) is 0. The first-order valence-electron chi connectivity index (χ1n) is 4.94. The Kier molecular flexibility index (Phi) is 10.1. The summed E-state index contributed by atoms with van der Waals surface area (Å²) in [7, 11) is 0. The maximum absolute atomic E-state index is 8.94. The summed E-state index contributed by atoms with van der Waals surface area (Å²) in [6.07, 6.45) is -1.20. The van der Waals surface area contributed by atoms with Crippen molar-refractivity contribution >= 4 is 0 Å². The Morgan fingerprint density at radius 2 is 1.40 bits per heavy atom. The van der Waals surface area contributed by atoms with E-state index in [2.05, 4.69) is 0 Å². The maximum Gasteiger partial charge on any atom is 0.100 e.